The van der Waals surface area contributed by atoms with Crippen molar-refractivity contribution in [3.05, 3.63) is 30.0 Å². The molecule has 2 heterocycles. The fourth-order valence-electron chi connectivity index (χ4n) is 1.12. The predicted octanol–water partition coefficient (Wildman–Crippen LogP) is 1.37. The standard InChI is InChI=1S/C10H12N2O/c1-12-9(4-5-10(12)13)8-3-2-6-11-7-8/h2-3,6-7,9H,4-5H2,1H3/t9-/m0/s1/i2D,3D,4D2,6D,7D,9D. The van der Waals surface area contributed by atoms with Gasteiger partial charge in [-0.1, -0.05) is 6.04 Å². The Labute approximate surface area is 87.2 Å². The molecule has 1 aliphatic rings. The van der Waals surface area contributed by atoms with Gasteiger partial charge in [-0.25, -0.2) is 0 Å². The quantitative estimate of drug-likeness (QED) is 0.659. The molecule has 1 aliphatic heterocycles. The maximum absolute atomic E-state index is 11.7. The van der Waals surface area contributed by atoms with Crippen LogP contribution in [0.5, 0.6) is 0 Å². The van der Waals surface area contributed by atoms with Gasteiger partial charge in [-0.05, 0) is 18.0 Å². The summed E-state index contributed by atoms with van der Waals surface area (Å²) < 4.78 is 54.5. The summed E-state index contributed by atoms with van der Waals surface area (Å²) in [5.74, 6) is -0.620. The molecule has 0 spiro atoms. The van der Waals surface area contributed by atoms with Gasteiger partial charge in [-0.2, -0.15) is 0 Å². The van der Waals surface area contributed by atoms with Crippen LogP contribution >= 0.6 is 0 Å². The Morgan fingerprint density at radius 3 is 3.46 bits per heavy atom. The number of amides is 1. The Hall–Kier alpha value is -1.38. The third kappa shape index (κ3) is 1.41. The van der Waals surface area contributed by atoms with Gasteiger partial charge >= 0.3 is 0 Å². The van der Waals surface area contributed by atoms with Crippen molar-refractivity contribution in [1.29, 1.82) is 0 Å². The summed E-state index contributed by atoms with van der Waals surface area (Å²) in [5.41, 5.74) is -0.461. The monoisotopic (exact) mass is 183 g/mol. The molecule has 2 rings (SSSR count). The lowest BCUT2D eigenvalue weighted by Gasteiger charge is -2.19. The number of carbonyl (C=O) groups excluding carboxylic acids is 1. The molecule has 1 fully saturated rings. The molecule has 0 unspecified atom stereocenters. The van der Waals surface area contributed by atoms with Gasteiger partial charge in [0.25, 0.3) is 0 Å². The third-order valence-corrected chi connectivity index (χ3v) is 1.82. The van der Waals surface area contributed by atoms with E-state index in [-0.39, 0.29) is 0 Å². The maximum atomic E-state index is 11.7. The Morgan fingerprint density at radius 2 is 2.77 bits per heavy atom. The fraction of sp³-hybridized carbons (Fsp3) is 0.400. The Kier molecular flexibility index (Phi) is 0.829. The minimum atomic E-state index is -2.32. The van der Waals surface area contributed by atoms with E-state index in [0.717, 1.165) is 4.90 Å². The van der Waals surface area contributed by atoms with Crippen LogP contribution in [0.3, 0.4) is 0 Å². The largest absolute Gasteiger partial charge is 0.339 e. The zero-order valence-corrected chi connectivity index (χ0v) is 7.01. The van der Waals surface area contributed by atoms with Gasteiger partial charge in [-0.15, -0.1) is 0 Å². The molecule has 68 valence electrons. The molecule has 1 aromatic rings. The lowest BCUT2D eigenvalue weighted by atomic mass is 10.1. The smallest absolute Gasteiger partial charge is 0.222 e. The van der Waals surface area contributed by atoms with Crippen LogP contribution in [0, 0.1) is 0 Å². The number of likely N-dealkylation sites (tertiary alicyclic amines) is 1. The molecule has 1 atom stereocenters. The molecule has 0 radical (unpaired) electrons. The summed E-state index contributed by atoms with van der Waals surface area (Å²) in [5, 5.41) is 0. The molecular formula is C10H12N2O. The van der Waals surface area contributed by atoms with E-state index in [0.29, 0.717) is 0 Å². The second-order valence-corrected chi connectivity index (χ2v) is 2.62. The van der Waals surface area contributed by atoms with E-state index in [4.69, 9.17) is 9.60 Å². The summed E-state index contributed by atoms with van der Waals surface area (Å²) in [6.07, 6.45) is -4.07. The van der Waals surface area contributed by atoms with Gasteiger partial charge in [0.15, 0.2) is 0 Å². The molecule has 1 amide bonds. The second-order valence-electron chi connectivity index (χ2n) is 2.62. The molecule has 0 aliphatic carbocycles. The van der Waals surface area contributed by atoms with Crippen molar-refractivity contribution in [2.45, 2.75) is 18.8 Å². The van der Waals surface area contributed by atoms with E-state index in [1.165, 1.54) is 7.05 Å². The van der Waals surface area contributed by atoms with Crippen molar-refractivity contribution in [3.63, 3.8) is 0 Å². The number of nitrogens with zero attached hydrogens (tertiary/aromatic N) is 2. The van der Waals surface area contributed by atoms with Gasteiger partial charge in [-0.3, -0.25) is 9.78 Å². The first kappa shape index (κ1) is 3.40. The van der Waals surface area contributed by atoms with E-state index in [1.807, 2.05) is 0 Å². The van der Waals surface area contributed by atoms with E-state index in [9.17, 15) is 4.79 Å². The summed E-state index contributed by atoms with van der Waals surface area (Å²) in [6, 6.07) is -3.50. The van der Waals surface area contributed by atoms with Gasteiger partial charge < -0.3 is 4.90 Å². The number of carbonyl (C=O) groups is 1. The van der Waals surface area contributed by atoms with Gasteiger partial charge in [0.2, 0.25) is 5.91 Å². The van der Waals surface area contributed by atoms with Crippen molar-refractivity contribution in [2.24, 2.45) is 0 Å². The SMILES string of the molecule is [2H]c1nc([2H])c([C@@]2([2H])N(C)C(=O)CC2([2H])[2H])c([2H])c1[2H]. The Bertz CT molecular complexity index is 606. The van der Waals surface area contributed by atoms with Gasteiger partial charge in [0.05, 0.1) is 12.9 Å². The van der Waals surface area contributed by atoms with Crippen molar-refractivity contribution in [2.75, 3.05) is 7.05 Å². The lowest BCUT2D eigenvalue weighted by molar-refractivity contribution is -0.127. The summed E-state index contributed by atoms with van der Waals surface area (Å²) >= 11 is 0. The van der Waals surface area contributed by atoms with Crippen LogP contribution < -0.4 is 0 Å². The highest BCUT2D eigenvalue weighted by Crippen LogP contribution is 2.30. The summed E-state index contributed by atoms with van der Waals surface area (Å²) in [6.45, 7) is 0. The molecule has 0 saturated carbocycles. The zero-order chi connectivity index (χ0) is 15.5. The maximum Gasteiger partial charge on any atom is 0.222 e. The lowest BCUT2D eigenvalue weighted by Crippen LogP contribution is -2.22. The van der Waals surface area contributed by atoms with Crippen LogP contribution in [-0.4, -0.2) is 22.8 Å². The van der Waals surface area contributed by atoms with Crippen LogP contribution in [0.4, 0.5) is 0 Å². The van der Waals surface area contributed by atoms with Gasteiger partial charge in [0, 0.05) is 28.6 Å². The minimum absolute atomic E-state index is 0.461. The first-order valence-corrected chi connectivity index (χ1v) is 3.75. The van der Waals surface area contributed by atoms with Crippen molar-refractivity contribution in [3.8, 4) is 0 Å². The highest BCUT2D eigenvalue weighted by Gasteiger charge is 2.28. The van der Waals surface area contributed by atoms with Crippen LogP contribution in [0.25, 0.3) is 0 Å². The van der Waals surface area contributed by atoms with E-state index in [1.54, 1.807) is 0 Å². The van der Waals surface area contributed by atoms with Crippen molar-refractivity contribution >= 4 is 5.91 Å². The Balaban J connectivity index is 2.79. The van der Waals surface area contributed by atoms with Crippen molar-refractivity contribution in [1.82, 2.24) is 9.88 Å². The number of aromatic nitrogens is 1. The molecule has 0 bridgehead atoms. The topological polar surface area (TPSA) is 33.2 Å². The minimum Gasteiger partial charge on any atom is -0.339 e. The zero-order valence-electron chi connectivity index (χ0n) is 14.0. The average molecular weight is 183 g/mol. The highest BCUT2D eigenvalue weighted by molar-refractivity contribution is 5.78. The molecule has 3 heteroatoms. The molecule has 3 nitrogen and oxygen atoms in total. The van der Waals surface area contributed by atoms with Crippen LogP contribution in [0.2, 0.25) is 0 Å². The second kappa shape index (κ2) is 3.17. The first-order chi connectivity index (χ1) is 9.04. The predicted molar refractivity (Wildman–Crippen MR) is 49.0 cm³/mol. The normalized spacial score (nSPS) is 39.6. The molecule has 13 heavy (non-hydrogen) atoms. The van der Waals surface area contributed by atoms with Crippen LogP contribution in [0.1, 0.15) is 34.0 Å². The number of hydrogen-bond donors (Lipinski definition) is 0. The first-order valence-electron chi connectivity index (χ1n) is 7.25. The van der Waals surface area contributed by atoms with Crippen LogP contribution in [0.15, 0.2) is 24.4 Å². The van der Waals surface area contributed by atoms with Gasteiger partial charge in [0.1, 0.15) is 0 Å². The molecular weight excluding hydrogens is 164 g/mol. The number of hydrogen-bond acceptors (Lipinski definition) is 2. The summed E-state index contributed by atoms with van der Waals surface area (Å²) in [4.78, 5) is 16.0. The highest BCUT2D eigenvalue weighted by atomic mass is 16.2. The molecule has 0 aromatic carbocycles. The number of rotatable bonds is 1. The number of pyridine rings is 1. The Morgan fingerprint density at radius 1 is 1.92 bits per heavy atom. The van der Waals surface area contributed by atoms with E-state index >= 15 is 0 Å². The molecule has 0 N–H and O–H groups in total. The van der Waals surface area contributed by atoms with Crippen molar-refractivity contribution < 1.29 is 14.4 Å². The summed E-state index contributed by atoms with van der Waals surface area (Å²) in [7, 11) is 1.22. The van der Waals surface area contributed by atoms with Crippen LogP contribution in [-0.2, 0) is 4.79 Å². The molecule has 1 saturated heterocycles. The fourth-order valence-corrected chi connectivity index (χ4v) is 1.12. The average Bonchev–Trinajstić information content (AvgIpc) is 2.47. The van der Waals surface area contributed by atoms with E-state index < -0.39 is 54.7 Å². The third-order valence-electron chi connectivity index (χ3n) is 1.82. The van der Waals surface area contributed by atoms with E-state index in [2.05, 4.69) is 4.98 Å². The molecule has 1 aromatic heterocycles.